The predicted molar refractivity (Wildman–Crippen MR) is 79.3 cm³/mol. The maximum Gasteiger partial charge on any atom is 0.341 e. The van der Waals surface area contributed by atoms with Crippen molar-refractivity contribution in [2.75, 3.05) is 18.5 Å². The molecule has 0 saturated heterocycles. The van der Waals surface area contributed by atoms with E-state index in [1.807, 2.05) is 0 Å². The number of aliphatic hydroxyl groups is 1. The Morgan fingerprint density at radius 1 is 1.43 bits per heavy atom. The van der Waals surface area contributed by atoms with Gasteiger partial charge in [-0.3, -0.25) is 0 Å². The molecule has 6 nitrogen and oxygen atoms in total. The summed E-state index contributed by atoms with van der Waals surface area (Å²) < 4.78 is 4.96. The van der Waals surface area contributed by atoms with Gasteiger partial charge in [0.25, 0.3) is 0 Å². The number of carbonyl (C=O) groups excluding carboxylic acids is 1. The SMILES string of the molecule is CCOC(=O)c1cnc(NC2(CO)CCCCC2)nc1C. The molecule has 1 aliphatic carbocycles. The summed E-state index contributed by atoms with van der Waals surface area (Å²) in [6, 6.07) is 0. The zero-order chi connectivity index (χ0) is 15.3. The van der Waals surface area contributed by atoms with Crippen LogP contribution >= 0.6 is 0 Å². The minimum Gasteiger partial charge on any atom is -0.462 e. The molecule has 0 amide bonds. The lowest BCUT2D eigenvalue weighted by atomic mass is 9.82. The van der Waals surface area contributed by atoms with Crippen molar-refractivity contribution in [3.63, 3.8) is 0 Å². The number of hydrogen-bond donors (Lipinski definition) is 2. The van der Waals surface area contributed by atoms with Crippen molar-refractivity contribution in [3.05, 3.63) is 17.5 Å². The Balaban J connectivity index is 2.14. The van der Waals surface area contributed by atoms with Gasteiger partial charge in [-0.2, -0.15) is 0 Å². The number of nitrogens with zero attached hydrogens (tertiary/aromatic N) is 2. The van der Waals surface area contributed by atoms with Crippen LogP contribution < -0.4 is 5.32 Å². The van der Waals surface area contributed by atoms with Gasteiger partial charge < -0.3 is 15.2 Å². The van der Waals surface area contributed by atoms with Crippen molar-refractivity contribution < 1.29 is 14.6 Å². The van der Waals surface area contributed by atoms with Crippen LogP contribution in [0.5, 0.6) is 0 Å². The van der Waals surface area contributed by atoms with E-state index in [-0.39, 0.29) is 12.1 Å². The van der Waals surface area contributed by atoms with Crippen LogP contribution in [0.25, 0.3) is 0 Å². The van der Waals surface area contributed by atoms with E-state index in [0.29, 0.717) is 23.8 Å². The molecule has 0 atom stereocenters. The van der Waals surface area contributed by atoms with E-state index in [9.17, 15) is 9.90 Å². The molecule has 21 heavy (non-hydrogen) atoms. The summed E-state index contributed by atoms with van der Waals surface area (Å²) >= 11 is 0. The molecule has 1 heterocycles. The quantitative estimate of drug-likeness (QED) is 0.808. The van der Waals surface area contributed by atoms with Gasteiger partial charge in [0.05, 0.1) is 30.0 Å². The van der Waals surface area contributed by atoms with E-state index < -0.39 is 5.97 Å². The Hall–Kier alpha value is -1.69. The number of esters is 1. The van der Waals surface area contributed by atoms with Crippen LogP contribution in [0.2, 0.25) is 0 Å². The minimum atomic E-state index is -0.406. The highest BCUT2D eigenvalue weighted by atomic mass is 16.5. The van der Waals surface area contributed by atoms with E-state index in [2.05, 4.69) is 15.3 Å². The Morgan fingerprint density at radius 3 is 2.71 bits per heavy atom. The molecular weight excluding hydrogens is 270 g/mol. The number of hydrogen-bond acceptors (Lipinski definition) is 6. The van der Waals surface area contributed by atoms with Gasteiger partial charge in [-0.15, -0.1) is 0 Å². The normalized spacial score (nSPS) is 17.3. The largest absolute Gasteiger partial charge is 0.462 e. The van der Waals surface area contributed by atoms with Crippen molar-refractivity contribution in [2.45, 2.75) is 51.5 Å². The smallest absolute Gasteiger partial charge is 0.341 e. The second-order valence-electron chi connectivity index (χ2n) is 5.54. The second kappa shape index (κ2) is 6.85. The number of aliphatic hydroxyl groups excluding tert-OH is 1. The predicted octanol–water partition coefficient (Wildman–Crippen LogP) is 2.07. The lowest BCUT2D eigenvalue weighted by Crippen LogP contribution is -2.44. The first-order valence-corrected chi connectivity index (χ1v) is 7.50. The van der Waals surface area contributed by atoms with E-state index >= 15 is 0 Å². The van der Waals surface area contributed by atoms with E-state index in [1.165, 1.54) is 12.6 Å². The van der Waals surface area contributed by atoms with Gasteiger partial charge >= 0.3 is 5.97 Å². The summed E-state index contributed by atoms with van der Waals surface area (Å²) in [5.74, 6) is 0.0487. The summed E-state index contributed by atoms with van der Waals surface area (Å²) in [4.78, 5) is 20.2. The van der Waals surface area contributed by atoms with Crippen LogP contribution in [-0.2, 0) is 4.74 Å². The number of anilines is 1. The number of ether oxygens (including phenoxy) is 1. The zero-order valence-corrected chi connectivity index (χ0v) is 12.7. The summed E-state index contributed by atoms with van der Waals surface area (Å²) in [6.07, 6.45) is 6.68. The fourth-order valence-electron chi connectivity index (χ4n) is 2.72. The van der Waals surface area contributed by atoms with Gasteiger partial charge in [0.15, 0.2) is 0 Å². The molecular formula is C15H23N3O3. The number of aryl methyl sites for hydroxylation is 1. The number of aromatic nitrogens is 2. The Morgan fingerprint density at radius 2 is 2.14 bits per heavy atom. The molecule has 2 rings (SSSR count). The lowest BCUT2D eigenvalue weighted by molar-refractivity contribution is 0.0524. The number of carbonyl (C=O) groups is 1. The highest BCUT2D eigenvalue weighted by Crippen LogP contribution is 2.30. The van der Waals surface area contributed by atoms with Gasteiger partial charge in [0.1, 0.15) is 0 Å². The van der Waals surface area contributed by atoms with Crippen LogP contribution in [0, 0.1) is 6.92 Å². The first-order valence-electron chi connectivity index (χ1n) is 7.50. The molecule has 1 fully saturated rings. The third-order valence-corrected chi connectivity index (χ3v) is 3.96. The fraction of sp³-hybridized carbons (Fsp3) is 0.667. The van der Waals surface area contributed by atoms with E-state index in [1.54, 1.807) is 13.8 Å². The lowest BCUT2D eigenvalue weighted by Gasteiger charge is -2.36. The Labute approximate surface area is 124 Å². The van der Waals surface area contributed by atoms with E-state index in [4.69, 9.17) is 4.74 Å². The highest BCUT2D eigenvalue weighted by Gasteiger charge is 2.32. The zero-order valence-electron chi connectivity index (χ0n) is 12.7. The van der Waals surface area contributed by atoms with Gasteiger partial charge in [-0.05, 0) is 26.7 Å². The van der Waals surface area contributed by atoms with Gasteiger partial charge in [0.2, 0.25) is 5.95 Å². The molecule has 0 unspecified atom stereocenters. The third-order valence-electron chi connectivity index (χ3n) is 3.96. The van der Waals surface area contributed by atoms with Crippen LogP contribution in [-0.4, -0.2) is 39.8 Å². The first-order chi connectivity index (χ1) is 10.1. The van der Waals surface area contributed by atoms with Crippen molar-refractivity contribution >= 4 is 11.9 Å². The summed E-state index contributed by atoms with van der Waals surface area (Å²) in [6.45, 7) is 3.91. The molecule has 116 valence electrons. The molecule has 0 aliphatic heterocycles. The summed E-state index contributed by atoms with van der Waals surface area (Å²) in [5.41, 5.74) is 0.620. The summed E-state index contributed by atoms with van der Waals surface area (Å²) in [5, 5.41) is 13.0. The number of nitrogens with one attached hydrogen (secondary N) is 1. The van der Waals surface area contributed by atoms with E-state index in [0.717, 1.165) is 25.7 Å². The Kier molecular flexibility index (Phi) is 5.12. The first kappa shape index (κ1) is 15.7. The molecule has 1 aromatic rings. The summed E-state index contributed by atoms with van der Waals surface area (Å²) in [7, 11) is 0. The van der Waals surface area contributed by atoms with Crippen molar-refractivity contribution in [1.29, 1.82) is 0 Å². The maximum absolute atomic E-state index is 11.7. The molecule has 0 radical (unpaired) electrons. The molecule has 1 aliphatic rings. The fourth-order valence-corrected chi connectivity index (χ4v) is 2.72. The highest BCUT2D eigenvalue weighted by molar-refractivity contribution is 5.90. The third kappa shape index (κ3) is 3.69. The standard InChI is InChI=1S/C15H23N3O3/c1-3-21-13(20)12-9-16-14(17-11(12)2)18-15(10-19)7-5-4-6-8-15/h9,19H,3-8,10H2,1-2H3,(H,16,17,18). The van der Waals surface area contributed by atoms with Gasteiger partial charge in [-0.25, -0.2) is 14.8 Å². The monoisotopic (exact) mass is 293 g/mol. The molecule has 6 heteroatoms. The van der Waals surface area contributed by atoms with Crippen LogP contribution in [0.4, 0.5) is 5.95 Å². The van der Waals surface area contributed by atoms with Crippen LogP contribution in [0.3, 0.4) is 0 Å². The van der Waals surface area contributed by atoms with Crippen molar-refractivity contribution in [3.8, 4) is 0 Å². The van der Waals surface area contributed by atoms with Crippen LogP contribution in [0.1, 0.15) is 55.1 Å². The van der Waals surface area contributed by atoms with Crippen molar-refractivity contribution in [2.24, 2.45) is 0 Å². The van der Waals surface area contributed by atoms with Crippen LogP contribution in [0.15, 0.2) is 6.20 Å². The topological polar surface area (TPSA) is 84.3 Å². The van der Waals surface area contributed by atoms with Crippen molar-refractivity contribution in [1.82, 2.24) is 9.97 Å². The molecule has 0 spiro atoms. The molecule has 0 bridgehead atoms. The van der Waals surface area contributed by atoms with Gasteiger partial charge in [0, 0.05) is 6.20 Å². The molecule has 2 N–H and O–H groups in total. The average Bonchev–Trinajstić information content (AvgIpc) is 2.48. The number of rotatable bonds is 5. The minimum absolute atomic E-state index is 0.0645. The molecule has 0 aromatic carbocycles. The Bertz CT molecular complexity index is 499. The second-order valence-corrected chi connectivity index (χ2v) is 5.54. The van der Waals surface area contributed by atoms with Gasteiger partial charge in [-0.1, -0.05) is 19.3 Å². The average molecular weight is 293 g/mol. The molecule has 1 aromatic heterocycles. The maximum atomic E-state index is 11.7. The molecule has 1 saturated carbocycles.